The van der Waals surface area contributed by atoms with Gasteiger partial charge in [0.15, 0.2) is 56.6 Å². The van der Waals surface area contributed by atoms with Crippen molar-refractivity contribution in [2.45, 2.75) is 318 Å². The summed E-state index contributed by atoms with van der Waals surface area (Å²) in [5.41, 5.74) is 0. The predicted octanol–water partition coefficient (Wildman–Crippen LogP) is -16.2. The molecule has 45 atom stereocenters. The van der Waals surface area contributed by atoms with Gasteiger partial charge in [-0.25, -0.2) is 0 Å². The van der Waals surface area contributed by atoms with E-state index >= 15 is 0 Å². The standard InChI is InChI=1S/C58H98N2O42/c1-12-25(68)31(74)36(79)53(86-12)98-45-23(59-16(5)66)51(95-44-20(9-63)90-50(85)40(83)48(44)101-55-38(81)33(76)27(70)14(3)88-55)93-21(10-64)42(45)96-57-41(84)47(30(73)19(8-62)91-57)100-52-24(60-17(6)67)46(99-54-37(80)32(75)26(69)13(2)87-54)43(22(11-65)94-52)97-58-49(35(78)29(72)18(7-61)92-58)102-56-39(82)34(77)28(71)15(4)89-56/h12-15,18-58,61-65,68-85H,7-11H2,1-6H3,(H,59,66)(H,60,67)/t12-,13-,14-,15-,18+,19+,20+,21+,22+,23+,24+,25+,26+,27+,28+,29-,30-,31+,32+,33+,34+,35-,36-,37-,38-,39-,40+,41+,42+,43+,44+,45+,46+,47-,48+,49+,50-,51-,52-,53-,54-,55-,56-,57-,58-/m0/s1. The second-order valence-electron chi connectivity index (χ2n) is 26.6. The van der Waals surface area contributed by atoms with Crippen molar-refractivity contribution < 1.29 is 208 Å². The van der Waals surface area contributed by atoms with Crippen LogP contribution in [0.1, 0.15) is 41.5 Å². The molecule has 102 heavy (non-hydrogen) atoms. The predicted molar refractivity (Wildman–Crippen MR) is 315 cm³/mol. The molecule has 9 fully saturated rings. The minimum absolute atomic E-state index is 0.942. The fourth-order valence-corrected chi connectivity index (χ4v) is 13.5. The SMILES string of the molecule is CC(=O)N[C@H]1[C@H](O[C@H]2[C@H](O[C@@H]3O[C@@H](C)[C@@H](O)[C@@H](O)[C@@H]3O)[C@@H](O)[C@@H](O)O[C@@H]2CO)O[C@H](CO)[C@@H](O[C@@H]2O[C@H](CO)[C@H](O)[C@H](O[C@@H]3O[C@H](CO)[C@@H](O[C@@H]4O[C@H](CO)[C@H](O)[C@H](O)[C@H]4O[C@@H]4O[C@@H](C)[C@@H](O)[C@@H](O)[C@@H]4O)[C@H](O[C@@H]4O[C@@H](C)[C@@H](O)[C@@H](O)[C@@H]4O)[C@H]3NC(C)=O)[C@H]2O)[C@@H]1O[C@@H]1O[C@@H](C)[C@@H](O)[C@@H](O)[C@@H]1O. The third-order valence-corrected chi connectivity index (χ3v) is 19.4. The first-order valence-corrected chi connectivity index (χ1v) is 33.1. The van der Waals surface area contributed by atoms with Crippen molar-refractivity contribution in [1.29, 1.82) is 0 Å². The van der Waals surface area contributed by atoms with Crippen LogP contribution in [0.4, 0.5) is 0 Å². The smallest absolute Gasteiger partial charge is 0.217 e. The molecule has 9 saturated heterocycles. The van der Waals surface area contributed by atoms with Crippen molar-refractivity contribution in [3.05, 3.63) is 0 Å². The number of hydrogen-bond acceptors (Lipinski definition) is 42. The van der Waals surface area contributed by atoms with Gasteiger partial charge < -0.3 is 209 Å². The molecule has 44 heteroatoms. The van der Waals surface area contributed by atoms with Crippen molar-refractivity contribution >= 4 is 11.8 Å². The summed E-state index contributed by atoms with van der Waals surface area (Å²) in [4.78, 5) is 27.0. The van der Waals surface area contributed by atoms with Crippen LogP contribution in [0.3, 0.4) is 0 Å². The van der Waals surface area contributed by atoms with E-state index < -0.39 is 321 Å². The van der Waals surface area contributed by atoms with Gasteiger partial charge in [0, 0.05) is 13.8 Å². The van der Waals surface area contributed by atoms with Gasteiger partial charge in [-0.3, -0.25) is 9.59 Å². The number of aliphatic hydroxyl groups is 23. The summed E-state index contributed by atoms with van der Waals surface area (Å²) in [6.07, 6.45) is -84.7. The quantitative estimate of drug-likeness (QED) is 0.0452. The number of ether oxygens (including phenoxy) is 17. The van der Waals surface area contributed by atoms with Crippen LogP contribution in [0, 0.1) is 0 Å². The highest BCUT2D eigenvalue weighted by atomic mass is 16.8. The molecule has 0 bridgehead atoms. The first-order valence-electron chi connectivity index (χ1n) is 33.1. The van der Waals surface area contributed by atoms with Gasteiger partial charge in [0.2, 0.25) is 11.8 Å². The molecule has 9 aliphatic rings. The van der Waals surface area contributed by atoms with E-state index in [4.69, 9.17) is 80.5 Å². The highest BCUT2D eigenvalue weighted by Crippen LogP contribution is 2.41. The second kappa shape index (κ2) is 35.4. The summed E-state index contributed by atoms with van der Waals surface area (Å²) in [6.45, 7) is 1.23. The van der Waals surface area contributed by atoms with E-state index in [9.17, 15) is 127 Å². The van der Waals surface area contributed by atoms with Crippen molar-refractivity contribution in [3.63, 3.8) is 0 Å². The summed E-state index contributed by atoms with van der Waals surface area (Å²) >= 11 is 0. The number of amides is 2. The van der Waals surface area contributed by atoms with Crippen LogP contribution >= 0.6 is 0 Å². The summed E-state index contributed by atoms with van der Waals surface area (Å²) in [7, 11) is 0. The Balaban J connectivity index is 1.07. The highest BCUT2D eigenvalue weighted by Gasteiger charge is 2.62. The first-order chi connectivity index (χ1) is 48.1. The zero-order chi connectivity index (χ0) is 75.1. The lowest BCUT2D eigenvalue weighted by Crippen LogP contribution is -2.72. The number of carbonyl (C=O) groups is 2. The van der Waals surface area contributed by atoms with E-state index in [1.54, 1.807) is 0 Å². The molecule has 0 aromatic heterocycles. The number of carbonyl (C=O) groups excluding carboxylic acids is 2. The maximum absolute atomic E-state index is 13.5. The summed E-state index contributed by atoms with van der Waals surface area (Å²) in [6, 6.07) is -3.98. The van der Waals surface area contributed by atoms with E-state index in [-0.39, 0.29) is 0 Å². The molecular weight excluding hydrogens is 1400 g/mol. The van der Waals surface area contributed by atoms with Crippen molar-refractivity contribution in [3.8, 4) is 0 Å². The van der Waals surface area contributed by atoms with E-state index in [1.807, 2.05) is 0 Å². The largest absolute Gasteiger partial charge is 0.394 e. The maximum Gasteiger partial charge on any atom is 0.217 e. The molecule has 2 amide bonds. The Labute approximate surface area is 579 Å². The lowest BCUT2D eigenvalue weighted by atomic mass is 9.93. The summed E-state index contributed by atoms with van der Waals surface area (Å²) < 4.78 is 102. The Morgan fingerprint density at radius 1 is 0.255 bits per heavy atom. The molecule has 0 spiro atoms. The van der Waals surface area contributed by atoms with E-state index in [2.05, 4.69) is 10.6 Å². The molecular formula is C58H98N2O42. The Bertz CT molecular complexity index is 2640. The average molecular weight is 1500 g/mol. The van der Waals surface area contributed by atoms with E-state index in [1.165, 1.54) is 27.7 Å². The van der Waals surface area contributed by atoms with E-state index in [0.717, 1.165) is 13.8 Å². The Morgan fingerprint density at radius 2 is 0.529 bits per heavy atom. The molecule has 9 heterocycles. The van der Waals surface area contributed by atoms with Crippen LogP contribution < -0.4 is 10.6 Å². The van der Waals surface area contributed by atoms with Gasteiger partial charge >= 0.3 is 0 Å². The Kier molecular flexibility index (Phi) is 28.9. The second-order valence-corrected chi connectivity index (χ2v) is 26.6. The number of aliphatic hydroxyl groups excluding tert-OH is 23. The molecule has 0 aromatic rings. The summed E-state index contributed by atoms with van der Waals surface area (Å²) in [5, 5.41) is 259. The van der Waals surface area contributed by atoms with Crippen LogP contribution in [-0.2, 0) is 90.1 Å². The lowest BCUT2D eigenvalue weighted by Gasteiger charge is -2.53. The normalized spacial score (nSPS) is 52.7. The fraction of sp³-hybridized carbons (Fsp3) is 0.966. The number of rotatable bonds is 23. The van der Waals surface area contributed by atoms with Crippen LogP contribution in [0.2, 0.25) is 0 Å². The van der Waals surface area contributed by atoms with Gasteiger partial charge in [-0.1, -0.05) is 0 Å². The minimum atomic E-state index is -2.47. The van der Waals surface area contributed by atoms with Crippen molar-refractivity contribution in [2.24, 2.45) is 0 Å². The Hall–Kier alpha value is -2.66. The molecule has 44 nitrogen and oxygen atoms in total. The zero-order valence-electron chi connectivity index (χ0n) is 55.6. The third kappa shape index (κ3) is 17.5. The van der Waals surface area contributed by atoms with Gasteiger partial charge in [-0.05, 0) is 27.7 Å². The van der Waals surface area contributed by atoms with Crippen LogP contribution in [0.25, 0.3) is 0 Å². The molecule has 25 N–H and O–H groups in total. The van der Waals surface area contributed by atoms with Crippen LogP contribution in [-0.4, -0.2) is 439 Å². The fourth-order valence-electron chi connectivity index (χ4n) is 13.5. The molecule has 9 rings (SSSR count). The van der Waals surface area contributed by atoms with E-state index in [0.29, 0.717) is 0 Å². The van der Waals surface area contributed by atoms with Gasteiger partial charge in [0.1, 0.15) is 195 Å². The molecule has 0 saturated carbocycles. The summed E-state index contributed by atoms with van der Waals surface area (Å²) in [5.74, 6) is -1.95. The number of nitrogens with one attached hydrogen (secondary N) is 2. The zero-order valence-corrected chi connectivity index (χ0v) is 55.6. The molecule has 0 aromatic carbocycles. The van der Waals surface area contributed by atoms with Gasteiger partial charge in [0.25, 0.3) is 0 Å². The van der Waals surface area contributed by atoms with Gasteiger partial charge in [0.05, 0.1) is 57.5 Å². The monoisotopic (exact) mass is 1490 g/mol. The highest BCUT2D eigenvalue weighted by molar-refractivity contribution is 5.73. The molecule has 0 unspecified atom stereocenters. The van der Waals surface area contributed by atoms with Crippen molar-refractivity contribution in [1.82, 2.24) is 10.6 Å². The molecule has 0 aliphatic carbocycles. The average Bonchev–Trinajstić information content (AvgIpc) is 0.761. The third-order valence-electron chi connectivity index (χ3n) is 19.4. The van der Waals surface area contributed by atoms with Gasteiger partial charge in [-0.2, -0.15) is 0 Å². The first kappa shape index (κ1) is 83.4. The topological polar surface area (TPSA) is 680 Å². The molecule has 592 valence electrons. The lowest BCUT2D eigenvalue weighted by molar-refractivity contribution is -0.405. The molecule has 9 aliphatic heterocycles. The van der Waals surface area contributed by atoms with Crippen LogP contribution in [0.5, 0.6) is 0 Å². The number of hydrogen-bond donors (Lipinski definition) is 25. The molecule has 0 radical (unpaired) electrons. The Morgan fingerprint density at radius 3 is 0.902 bits per heavy atom. The minimum Gasteiger partial charge on any atom is -0.394 e. The van der Waals surface area contributed by atoms with Gasteiger partial charge in [-0.15, -0.1) is 0 Å². The van der Waals surface area contributed by atoms with Crippen LogP contribution in [0.15, 0.2) is 0 Å². The van der Waals surface area contributed by atoms with Crippen molar-refractivity contribution in [2.75, 3.05) is 33.0 Å². The maximum atomic E-state index is 13.5.